The highest BCUT2D eigenvalue weighted by molar-refractivity contribution is 4.50. The molecule has 0 aliphatic rings. The largest absolute Gasteiger partial charge is 0.379 e. The van der Waals surface area contributed by atoms with Crippen molar-refractivity contribution in [3.63, 3.8) is 0 Å². The Bertz CT molecular complexity index is 462. The fraction of sp³-hybridized carbons (Fsp3) is 1.00. The third kappa shape index (κ3) is 43.8. The standard InChI is InChI=1S/C40H82O6/c1-3-5-7-9-11-13-15-17-19-21-23-25-27-29-41-31-33-43-35-37-45-39-40-46-38-36-44-34-32-42-30-28-26-24-22-20-18-16-14-12-10-8-6-4-2/h3-40H2,1-2H3. The molecule has 6 heteroatoms. The van der Waals surface area contributed by atoms with Crippen molar-refractivity contribution in [2.75, 3.05) is 79.3 Å². The van der Waals surface area contributed by atoms with E-state index in [4.69, 9.17) is 28.4 Å². The highest BCUT2D eigenvalue weighted by atomic mass is 16.6. The van der Waals surface area contributed by atoms with Gasteiger partial charge in [-0.2, -0.15) is 0 Å². The molecule has 0 aliphatic heterocycles. The van der Waals surface area contributed by atoms with Crippen LogP contribution < -0.4 is 0 Å². The van der Waals surface area contributed by atoms with Gasteiger partial charge in [0, 0.05) is 13.2 Å². The molecule has 0 unspecified atom stereocenters. The van der Waals surface area contributed by atoms with Crippen LogP contribution in [0.4, 0.5) is 0 Å². The fourth-order valence-corrected chi connectivity index (χ4v) is 5.65. The van der Waals surface area contributed by atoms with Crippen LogP contribution >= 0.6 is 0 Å². The number of hydrogen-bond acceptors (Lipinski definition) is 6. The SMILES string of the molecule is CCCCCCCCCCCCCCCOCCOCCOCCOCCOCCOCCCCCCCCCCCCCCC. The van der Waals surface area contributed by atoms with Crippen LogP contribution in [0.1, 0.15) is 181 Å². The summed E-state index contributed by atoms with van der Waals surface area (Å²) in [5.74, 6) is 0. The van der Waals surface area contributed by atoms with Gasteiger partial charge in [0.05, 0.1) is 66.1 Å². The molecule has 0 atom stereocenters. The van der Waals surface area contributed by atoms with Crippen molar-refractivity contribution in [1.29, 1.82) is 0 Å². The van der Waals surface area contributed by atoms with Gasteiger partial charge in [-0.15, -0.1) is 0 Å². The maximum absolute atomic E-state index is 5.69. The van der Waals surface area contributed by atoms with Gasteiger partial charge in [0.25, 0.3) is 0 Å². The van der Waals surface area contributed by atoms with Gasteiger partial charge in [-0.05, 0) is 12.8 Å². The van der Waals surface area contributed by atoms with Crippen molar-refractivity contribution in [1.82, 2.24) is 0 Å². The molecular weight excluding hydrogens is 576 g/mol. The molecule has 0 aromatic rings. The third-order valence-electron chi connectivity index (χ3n) is 8.64. The van der Waals surface area contributed by atoms with E-state index < -0.39 is 0 Å². The smallest absolute Gasteiger partial charge is 0.0701 e. The second-order valence-corrected chi connectivity index (χ2v) is 13.2. The average Bonchev–Trinajstić information content (AvgIpc) is 3.07. The molecule has 0 amide bonds. The molecule has 0 aliphatic carbocycles. The van der Waals surface area contributed by atoms with E-state index in [2.05, 4.69) is 13.8 Å². The van der Waals surface area contributed by atoms with Gasteiger partial charge in [0.15, 0.2) is 0 Å². The lowest BCUT2D eigenvalue weighted by Gasteiger charge is -2.08. The summed E-state index contributed by atoms with van der Waals surface area (Å²) in [6, 6.07) is 0. The van der Waals surface area contributed by atoms with E-state index in [0.717, 1.165) is 13.2 Å². The Morgan fingerprint density at radius 1 is 0.174 bits per heavy atom. The summed E-state index contributed by atoms with van der Waals surface area (Å²) in [6.07, 6.45) is 35.9. The van der Waals surface area contributed by atoms with Crippen molar-refractivity contribution in [2.24, 2.45) is 0 Å². The fourth-order valence-electron chi connectivity index (χ4n) is 5.65. The van der Waals surface area contributed by atoms with Crippen LogP contribution in [0.3, 0.4) is 0 Å². The number of hydrogen-bond donors (Lipinski definition) is 0. The molecule has 0 fully saturated rings. The number of rotatable bonds is 43. The second kappa shape index (κ2) is 44.8. The quantitative estimate of drug-likeness (QED) is 0.0608. The van der Waals surface area contributed by atoms with Crippen LogP contribution in [0, 0.1) is 0 Å². The van der Waals surface area contributed by atoms with E-state index in [1.807, 2.05) is 0 Å². The zero-order valence-corrected chi connectivity index (χ0v) is 31.3. The lowest BCUT2D eigenvalue weighted by atomic mass is 10.0. The minimum absolute atomic E-state index is 0.584. The minimum Gasteiger partial charge on any atom is -0.379 e. The van der Waals surface area contributed by atoms with Crippen LogP contribution in [-0.4, -0.2) is 79.3 Å². The van der Waals surface area contributed by atoms with Gasteiger partial charge in [-0.3, -0.25) is 0 Å². The van der Waals surface area contributed by atoms with Crippen molar-refractivity contribution in [2.45, 2.75) is 181 Å². The highest BCUT2D eigenvalue weighted by Crippen LogP contribution is 2.13. The summed E-state index contributed by atoms with van der Waals surface area (Å²) in [4.78, 5) is 0. The van der Waals surface area contributed by atoms with Gasteiger partial charge < -0.3 is 28.4 Å². The molecule has 278 valence electrons. The molecule has 0 aromatic carbocycles. The molecule has 0 aromatic heterocycles. The first-order chi connectivity index (χ1) is 22.9. The van der Waals surface area contributed by atoms with Gasteiger partial charge in [0.2, 0.25) is 0 Å². The molecular formula is C40H82O6. The molecule has 0 radical (unpaired) electrons. The van der Waals surface area contributed by atoms with E-state index in [0.29, 0.717) is 66.1 Å². The first-order valence-corrected chi connectivity index (χ1v) is 20.4. The lowest BCUT2D eigenvalue weighted by molar-refractivity contribution is -0.0169. The topological polar surface area (TPSA) is 55.4 Å². The summed E-state index contributed by atoms with van der Waals surface area (Å²) < 4.78 is 33.7. The summed E-state index contributed by atoms with van der Waals surface area (Å²) in [5.41, 5.74) is 0. The van der Waals surface area contributed by atoms with Gasteiger partial charge in [-0.25, -0.2) is 0 Å². The van der Waals surface area contributed by atoms with E-state index >= 15 is 0 Å². The monoisotopic (exact) mass is 659 g/mol. The Hall–Kier alpha value is -0.240. The zero-order chi connectivity index (χ0) is 33.1. The summed E-state index contributed by atoms with van der Waals surface area (Å²) in [7, 11) is 0. The molecule has 46 heavy (non-hydrogen) atoms. The molecule has 0 heterocycles. The van der Waals surface area contributed by atoms with Crippen molar-refractivity contribution >= 4 is 0 Å². The Labute approximate surface area is 288 Å². The summed E-state index contributed by atoms with van der Waals surface area (Å²) in [6.45, 7) is 12.5. The summed E-state index contributed by atoms with van der Waals surface area (Å²) >= 11 is 0. The predicted molar refractivity (Wildman–Crippen MR) is 196 cm³/mol. The van der Waals surface area contributed by atoms with Crippen LogP contribution in [0.2, 0.25) is 0 Å². The highest BCUT2D eigenvalue weighted by Gasteiger charge is 1.97. The molecule has 0 N–H and O–H groups in total. The van der Waals surface area contributed by atoms with E-state index in [9.17, 15) is 0 Å². The Balaban J connectivity index is 3.03. The lowest BCUT2D eigenvalue weighted by Crippen LogP contribution is -2.14. The molecule has 0 saturated heterocycles. The molecule has 0 spiro atoms. The zero-order valence-electron chi connectivity index (χ0n) is 31.3. The summed E-state index contributed by atoms with van der Waals surface area (Å²) in [5, 5.41) is 0. The molecule has 0 bridgehead atoms. The van der Waals surface area contributed by atoms with Gasteiger partial charge >= 0.3 is 0 Å². The van der Waals surface area contributed by atoms with E-state index in [1.54, 1.807) is 0 Å². The Morgan fingerprint density at radius 3 is 0.522 bits per heavy atom. The van der Waals surface area contributed by atoms with Crippen LogP contribution in [0.15, 0.2) is 0 Å². The maximum atomic E-state index is 5.69. The number of ether oxygens (including phenoxy) is 6. The van der Waals surface area contributed by atoms with E-state index in [1.165, 1.54) is 167 Å². The minimum atomic E-state index is 0.584. The first kappa shape index (κ1) is 45.8. The molecule has 0 rings (SSSR count). The second-order valence-electron chi connectivity index (χ2n) is 13.2. The van der Waals surface area contributed by atoms with Crippen LogP contribution in [-0.2, 0) is 28.4 Å². The normalized spacial score (nSPS) is 11.6. The van der Waals surface area contributed by atoms with Crippen molar-refractivity contribution in [3.05, 3.63) is 0 Å². The maximum Gasteiger partial charge on any atom is 0.0701 e. The van der Waals surface area contributed by atoms with Crippen molar-refractivity contribution in [3.8, 4) is 0 Å². The molecule has 6 nitrogen and oxygen atoms in total. The Morgan fingerprint density at radius 2 is 0.326 bits per heavy atom. The molecule has 0 saturated carbocycles. The predicted octanol–water partition coefficient (Wildman–Crippen LogP) is 11.3. The van der Waals surface area contributed by atoms with Crippen LogP contribution in [0.25, 0.3) is 0 Å². The van der Waals surface area contributed by atoms with Crippen LogP contribution in [0.5, 0.6) is 0 Å². The van der Waals surface area contributed by atoms with E-state index in [-0.39, 0.29) is 0 Å². The average molecular weight is 659 g/mol. The van der Waals surface area contributed by atoms with Gasteiger partial charge in [-0.1, -0.05) is 168 Å². The van der Waals surface area contributed by atoms with Gasteiger partial charge in [0.1, 0.15) is 0 Å². The first-order valence-electron chi connectivity index (χ1n) is 20.4. The number of unbranched alkanes of at least 4 members (excludes halogenated alkanes) is 24. The third-order valence-corrected chi connectivity index (χ3v) is 8.64. The van der Waals surface area contributed by atoms with Crippen molar-refractivity contribution < 1.29 is 28.4 Å². The Kier molecular flexibility index (Phi) is 44.5.